The molecule has 4 rings (SSSR count). The predicted octanol–water partition coefficient (Wildman–Crippen LogP) is 1.97. The lowest BCUT2D eigenvalue weighted by molar-refractivity contribution is -0.142. The largest absolute Gasteiger partial charge is 0.480 e. The number of hydrogen-bond acceptors (Lipinski definition) is 7. The molecule has 3 heterocycles. The Morgan fingerprint density at radius 2 is 1.87 bits per heavy atom. The van der Waals surface area contributed by atoms with Crippen LogP contribution in [0.25, 0.3) is 11.5 Å². The minimum Gasteiger partial charge on any atom is -0.480 e. The van der Waals surface area contributed by atoms with Crippen molar-refractivity contribution in [2.24, 2.45) is 5.92 Å². The SMILES string of the molecule is CC(C)C[C@H](NC(=O)Cn1cnc(-c2ncc(CN3CCOCC3)[nH]2)c1NC(=O)c1ccccc1)C(=O)O. The average Bonchev–Trinajstić information content (AvgIpc) is 3.51. The predicted molar refractivity (Wildman–Crippen MR) is 139 cm³/mol. The third-order valence-electron chi connectivity index (χ3n) is 6.11. The van der Waals surface area contributed by atoms with Gasteiger partial charge in [0.15, 0.2) is 5.82 Å². The van der Waals surface area contributed by atoms with Crippen molar-refractivity contribution >= 4 is 23.6 Å². The van der Waals surface area contributed by atoms with Gasteiger partial charge in [0.25, 0.3) is 5.91 Å². The number of aromatic amines is 1. The number of hydrogen-bond donors (Lipinski definition) is 4. The van der Waals surface area contributed by atoms with Gasteiger partial charge in [-0.1, -0.05) is 32.0 Å². The summed E-state index contributed by atoms with van der Waals surface area (Å²) in [6.45, 7) is 7.22. The first kappa shape index (κ1) is 27.0. The Bertz CT molecular complexity index is 1250. The van der Waals surface area contributed by atoms with Crippen LogP contribution < -0.4 is 10.6 Å². The number of morpholine rings is 1. The molecule has 0 unspecified atom stereocenters. The molecule has 38 heavy (non-hydrogen) atoms. The quantitative estimate of drug-likeness (QED) is 0.297. The highest BCUT2D eigenvalue weighted by atomic mass is 16.5. The number of H-pyrrole nitrogens is 1. The van der Waals surface area contributed by atoms with Gasteiger partial charge < -0.3 is 30.0 Å². The summed E-state index contributed by atoms with van der Waals surface area (Å²) < 4.78 is 6.88. The van der Waals surface area contributed by atoms with Crippen molar-refractivity contribution in [1.82, 2.24) is 29.7 Å². The minimum atomic E-state index is -1.10. The van der Waals surface area contributed by atoms with Crippen molar-refractivity contribution in [2.75, 3.05) is 31.6 Å². The van der Waals surface area contributed by atoms with Crippen LogP contribution in [0, 0.1) is 5.92 Å². The van der Waals surface area contributed by atoms with E-state index in [1.807, 2.05) is 19.9 Å². The number of benzene rings is 1. The Labute approximate surface area is 220 Å². The van der Waals surface area contributed by atoms with Gasteiger partial charge in [-0.15, -0.1) is 0 Å². The minimum absolute atomic E-state index is 0.0857. The summed E-state index contributed by atoms with van der Waals surface area (Å²) in [5.74, 6) is -1.18. The number of amides is 2. The van der Waals surface area contributed by atoms with Gasteiger partial charge in [-0.05, 0) is 24.5 Å². The van der Waals surface area contributed by atoms with E-state index in [0.717, 1.165) is 18.8 Å². The summed E-state index contributed by atoms with van der Waals surface area (Å²) in [6.07, 6.45) is 3.45. The van der Waals surface area contributed by atoms with Crippen molar-refractivity contribution in [1.29, 1.82) is 0 Å². The molecule has 4 N–H and O–H groups in total. The monoisotopic (exact) mass is 523 g/mol. The van der Waals surface area contributed by atoms with Crippen molar-refractivity contribution in [3.63, 3.8) is 0 Å². The molecule has 202 valence electrons. The molecule has 12 heteroatoms. The van der Waals surface area contributed by atoms with E-state index in [2.05, 4.69) is 30.5 Å². The van der Waals surface area contributed by atoms with Crippen LogP contribution in [0.5, 0.6) is 0 Å². The van der Waals surface area contributed by atoms with Gasteiger partial charge in [0.1, 0.15) is 24.1 Å². The maximum absolute atomic E-state index is 13.0. The molecule has 1 atom stereocenters. The highest BCUT2D eigenvalue weighted by molar-refractivity contribution is 6.05. The number of carbonyl (C=O) groups is 3. The fourth-order valence-corrected chi connectivity index (χ4v) is 4.22. The molecule has 2 aromatic heterocycles. The molecule has 0 radical (unpaired) electrons. The van der Waals surface area contributed by atoms with Crippen molar-refractivity contribution in [3.8, 4) is 11.5 Å². The van der Waals surface area contributed by atoms with E-state index in [1.165, 1.54) is 10.9 Å². The van der Waals surface area contributed by atoms with Gasteiger partial charge in [0.05, 0.1) is 25.7 Å². The maximum Gasteiger partial charge on any atom is 0.326 e. The van der Waals surface area contributed by atoms with E-state index in [9.17, 15) is 19.5 Å². The Balaban J connectivity index is 1.57. The summed E-state index contributed by atoms with van der Waals surface area (Å²) in [6, 6.07) is 7.67. The second kappa shape index (κ2) is 12.5. The smallest absolute Gasteiger partial charge is 0.326 e. The van der Waals surface area contributed by atoms with Crippen LogP contribution >= 0.6 is 0 Å². The number of aromatic nitrogens is 4. The zero-order chi connectivity index (χ0) is 27.1. The van der Waals surface area contributed by atoms with E-state index < -0.39 is 17.9 Å². The molecule has 3 aromatic rings. The number of carbonyl (C=O) groups excluding carboxylic acids is 2. The summed E-state index contributed by atoms with van der Waals surface area (Å²) in [5.41, 5.74) is 1.69. The number of aliphatic carboxylic acids is 1. The lowest BCUT2D eigenvalue weighted by Gasteiger charge is -2.25. The number of rotatable bonds is 11. The topological polar surface area (TPSA) is 154 Å². The lowest BCUT2D eigenvalue weighted by Crippen LogP contribution is -2.43. The number of nitrogens with one attached hydrogen (secondary N) is 3. The van der Waals surface area contributed by atoms with E-state index >= 15 is 0 Å². The van der Waals surface area contributed by atoms with Gasteiger partial charge >= 0.3 is 5.97 Å². The molecular weight excluding hydrogens is 490 g/mol. The molecular formula is C26H33N7O5. The third-order valence-corrected chi connectivity index (χ3v) is 6.11. The number of imidazole rings is 2. The molecule has 1 aromatic carbocycles. The zero-order valence-electron chi connectivity index (χ0n) is 21.5. The first-order chi connectivity index (χ1) is 18.3. The summed E-state index contributed by atoms with van der Waals surface area (Å²) in [4.78, 5) is 51.9. The van der Waals surface area contributed by atoms with Crippen LogP contribution in [0.1, 0.15) is 36.3 Å². The number of anilines is 1. The van der Waals surface area contributed by atoms with Crippen LogP contribution in [-0.4, -0.2) is 79.7 Å². The van der Waals surface area contributed by atoms with Crippen molar-refractivity contribution in [2.45, 2.75) is 39.4 Å². The van der Waals surface area contributed by atoms with E-state index in [-0.39, 0.29) is 24.2 Å². The van der Waals surface area contributed by atoms with Gasteiger partial charge in [-0.3, -0.25) is 14.5 Å². The fraction of sp³-hybridized carbons (Fsp3) is 0.423. The molecule has 0 bridgehead atoms. The first-order valence-electron chi connectivity index (χ1n) is 12.6. The van der Waals surface area contributed by atoms with Gasteiger partial charge in [0.2, 0.25) is 5.91 Å². The Kier molecular flexibility index (Phi) is 8.87. The molecule has 1 saturated heterocycles. The van der Waals surface area contributed by atoms with Crippen LogP contribution in [0.4, 0.5) is 5.82 Å². The van der Waals surface area contributed by atoms with Crippen molar-refractivity contribution < 1.29 is 24.2 Å². The highest BCUT2D eigenvalue weighted by Crippen LogP contribution is 2.25. The molecule has 1 aliphatic heterocycles. The average molecular weight is 524 g/mol. The van der Waals surface area contributed by atoms with Crippen LogP contribution in [0.3, 0.4) is 0 Å². The van der Waals surface area contributed by atoms with Gasteiger partial charge in [0, 0.05) is 30.9 Å². The fourth-order valence-electron chi connectivity index (χ4n) is 4.22. The van der Waals surface area contributed by atoms with Crippen LogP contribution in [0.2, 0.25) is 0 Å². The normalized spacial score (nSPS) is 14.8. The summed E-state index contributed by atoms with van der Waals surface area (Å²) in [7, 11) is 0. The second-order valence-electron chi connectivity index (χ2n) is 9.62. The zero-order valence-corrected chi connectivity index (χ0v) is 21.5. The lowest BCUT2D eigenvalue weighted by atomic mass is 10.0. The molecule has 1 fully saturated rings. The Morgan fingerprint density at radius 3 is 2.55 bits per heavy atom. The Hall–Kier alpha value is -4.03. The number of nitrogens with zero attached hydrogens (tertiary/aromatic N) is 4. The standard InChI is InChI=1S/C26H33N7O5/c1-17(2)12-20(26(36)37)30-21(34)15-33-16-28-22(24(33)31-25(35)18-6-4-3-5-7-18)23-27-13-19(29-23)14-32-8-10-38-11-9-32/h3-7,13,16-17,20H,8-12,14-15H2,1-2H3,(H,27,29)(H,30,34)(H,31,35)(H,36,37)/t20-/m0/s1. The van der Waals surface area contributed by atoms with Gasteiger partial charge in [-0.2, -0.15) is 0 Å². The number of ether oxygens (including phenoxy) is 1. The Morgan fingerprint density at radius 1 is 1.13 bits per heavy atom. The summed E-state index contributed by atoms with van der Waals surface area (Å²) >= 11 is 0. The first-order valence-corrected chi connectivity index (χ1v) is 12.6. The summed E-state index contributed by atoms with van der Waals surface area (Å²) in [5, 5.41) is 14.9. The van der Waals surface area contributed by atoms with Crippen LogP contribution in [-0.2, 0) is 27.4 Å². The number of carboxylic acid groups (broad SMARTS) is 1. The third kappa shape index (κ3) is 7.05. The second-order valence-corrected chi connectivity index (χ2v) is 9.62. The highest BCUT2D eigenvalue weighted by Gasteiger charge is 2.24. The maximum atomic E-state index is 13.0. The van der Waals surface area contributed by atoms with E-state index in [0.29, 0.717) is 43.3 Å². The van der Waals surface area contributed by atoms with E-state index in [1.54, 1.807) is 30.5 Å². The molecule has 0 aliphatic carbocycles. The molecule has 12 nitrogen and oxygen atoms in total. The molecule has 0 spiro atoms. The molecule has 0 saturated carbocycles. The molecule has 1 aliphatic rings. The van der Waals surface area contributed by atoms with Gasteiger partial charge in [-0.25, -0.2) is 14.8 Å². The number of carboxylic acids is 1. The van der Waals surface area contributed by atoms with Crippen LogP contribution in [0.15, 0.2) is 42.9 Å². The molecule has 2 amide bonds. The van der Waals surface area contributed by atoms with Crippen molar-refractivity contribution in [3.05, 3.63) is 54.1 Å². The van der Waals surface area contributed by atoms with E-state index in [4.69, 9.17) is 4.74 Å².